The molecule has 0 fully saturated rings. The van der Waals surface area contributed by atoms with Crippen LogP contribution < -0.4 is 4.74 Å². The van der Waals surface area contributed by atoms with Gasteiger partial charge in [-0.2, -0.15) is 0 Å². The van der Waals surface area contributed by atoms with Crippen molar-refractivity contribution in [3.8, 4) is 5.75 Å². The quantitative estimate of drug-likeness (QED) is 0.421. The zero-order chi connectivity index (χ0) is 12.1. The number of hydrogen-bond donors (Lipinski definition) is 0. The van der Waals surface area contributed by atoms with E-state index in [1.54, 1.807) is 0 Å². The Bertz CT molecular complexity index is 444. The van der Waals surface area contributed by atoms with Crippen LogP contribution in [0.15, 0.2) is 18.2 Å². The fourth-order valence-corrected chi connectivity index (χ4v) is 1.08. The number of ether oxygens (including phenoxy) is 1. The smallest absolute Gasteiger partial charge is 0.387 e. The first kappa shape index (κ1) is 11.6. The van der Waals surface area contributed by atoms with E-state index in [1.807, 2.05) is 0 Å². The second kappa shape index (κ2) is 4.82. The standard InChI is InChI=1S/C8H6N2O6/c11-4-5-16-7-3-1-2-6(9(12)13)8(7)10(14)15/h1-4H,5H2. The number of nitro groups is 2. The molecule has 8 heteroatoms. The number of carbonyl (C=O) groups excluding carboxylic acids is 1. The molecule has 16 heavy (non-hydrogen) atoms. The molecule has 0 amide bonds. The highest BCUT2D eigenvalue weighted by Gasteiger charge is 2.29. The van der Waals surface area contributed by atoms with Crippen LogP contribution in [0.2, 0.25) is 0 Å². The first-order valence-electron chi connectivity index (χ1n) is 4.06. The van der Waals surface area contributed by atoms with Gasteiger partial charge in [0.2, 0.25) is 5.75 Å². The number of nitrogens with zero attached hydrogens (tertiary/aromatic N) is 2. The van der Waals surface area contributed by atoms with Crippen LogP contribution in [0.4, 0.5) is 11.4 Å². The summed E-state index contributed by atoms with van der Waals surface area (Å²) in [6, 6.07) is 3.42. The molecule has 0 saturated heterocycles. The summed E-state index contributed by atoms with van der Waals surface area (Å²) in [5, 5.41) is 21.2. The molecular weight excluding hydrogens is 220 g/mol. The molecule has 0 heterocycles. The topological polar surface area (TPSA) is 113 Å². The van der Waals surface area contributed by atoms with Crippen molar-refractivity contribution in [1.29, 1.82) is 0 Å². The third-order valence-electron chi connectivity index (χ3n) is 1.66. The van der Waals surface area contributed by atoms with Gasteiger partial charge in [-0.3, -0.25) is 25.0 Å². The molecule has 0 N–H and O–H groups in total. The molecule has 1 aromatic carbocycles. The van der Waals surface area contributed by atoms with Gasteiger partial charge in [-0.25, -0.2) is 0 Å². The van der Waals surface area contributed by atoms with Crippen molar-refractivity contribution in [2.24, 2.45) is 0 Å². The summed E-state index contributed by atoms with van der Waals surface area (Å²) in [7, 11) is 0. The maximum Gasteiger partial charge on any atom is 0.387 e. The molecule has 0 spiro atoms. The highest BCUT2D eigenvalue weighted by atomic mass is 16.6. The average molecular weight is 226 g/mol. The van der Waals surface area contributed by atoms with E-state index in [9.17, 15) is 25.0 Å². The lowest BCUT2D eigenvalue weighted by Crippen LogP contribution is -2.03. The number of rotatable bonds is 5. The van der Waals surface area contributed by atoms with E-state index in [-0.39, 0.29) is 5.75 Å². The Morgan fingerprint density at radius 2 is 1.94 bits per heavy atom. The van der Waals surface area contributed by atoms with E-state index < -0.39 is 27.8 Å². The van der Waals surface area contributed by atoms with Crippen molar-refractivity contribution in [2.75, 3.05) is 6.61 Å². The minimum Gasteiger partial charge on any atom is -0.479 e. The van der Waals surface area contributed by atoms with Crippen LogP contribution in [0.25, 0.3) is 0 Å². The molecule has 0 radical (unpaired) electrons. The summed E-state index contributed by atoms with van der Waals surface area (Å²) < 4.78 is 4.72. The number of hydrogen-bond acceptors (Lipinski definition) is 6. The molecular formula is C8H6N2O6. The van der Waals surface area contributed by atoms with Crippen LogP contribution in [0.3, 0.4) is 0 Å². The van der Waals surface area contributed by atoms with E-state index in [0.717, 1.165) is 6.07 Å². The number of benzene rings is 1. The van der Waals surface area contributed by atoms with Gasteiger partial charge in [0.15, 0.2) is 6.29 Å². The molecule has 0 unspecified atom stereocenters. The Morgan fingerprint density at radius 3 is 2.44 bits per heavy atom. The molecule has 0 aliphatic heterocycles. The molecule has 0 aliphatic carbocycles. The molecule has 1 rings (SSSR count). The molecule has 0 aromatic heterocycles. The molecule has 84 valence electrons. The number of nitro benzene ring substituents is 2. The summed E-state index contributed by atoms with van der Waals surface area (Å²) in [6.45, 7) is -0.401. The van der Waals surface area contributed by atoms with E-state index >= 15 is 0 Å². The Morgan fingerprint density at radius 1 is 1.25 bits per heavy atom. The highest BCUT2D eigenvalue weighted by Crippen LogP contribution is 2.35. The number of aldehydes is 1. The number of para-hydroxylation sites is 1. The van der Waals surface area contributed by atoms with Crippen LogP contribution >= 0.6 is 0 Å². The van der Waals surface area contributed by atoms with Gasteiger partial charge in [-0.05, 0) is 6.07 Å². The first-order chi connectivity index (χ1) is 7.57. The van der Waals surface area contributed by atoms with E-state index in [4.69, 9.17) is 4.74 Å². The van der Waals surface area contributed by atoms with Gasteiger partial charge in [0, 0.05) is 6.07 Å². The average Bonchev–Trinajstić information content (AvgIpc) is 2.25. The summed E-state index contributed by atoms with van der Waals surface area (Å²) in [4.78, 5) is 29.4. The Balaban J connectivity index is 3.26. The second-order valence-corrected chi connectivity index (χ2v) is 2.62. The van der Waals surface area contributed by atoms with Crippen molar-refractivity contribution in [3.63, 3.8) is 0 Å². The second-order valence-electron chi connectivity index (χ2n) is 2.62. The van der Waals surface area contributed by atoms with Crippen LogP contribution in [0, 0.1) is 20.2 Å². The largest absolute Gasteiger partial charge is 0.479 e. The minimum atomic E-state index is -0.918. The zero-order valence-corrected chi connectivity index (χ0v) is 7.86. The predicted octanol–water partition coefficient (Wildman–Crippen LogP) is 1.08. The summed E-state index contributed by atoms with van der Waals surface area (Å²) in [5.74, 6) is -0.300. The van der Waals surface area contributed by atoms with Crippen LogP contribution in [0.5, 0.6) is 5.75 Å². The van der Waals surface area contributed by atoms with Gasteiger partial charge in [-0.1, -0.05) is 6.07 Å². The van der Waals surface area contributed by atoms with E-state index in [0.29, 0.717) is 6.29 Å². The fourth-order valence-electron chi connectivity index (χ4n) is 1.08. The molecule has 0 saturated carbocycles. The molecule has 8 nitrogen and oxygen atoms in total. The van der Waals surface area contributed by atoms with Crippen LogP contribution in [0.1, 0.15) is 0 Å². The lowest BCUT2D eigenvalue weighted by atomic mass is 10.2. The SMILES string of the molecule is O=CCOc1cccc([N+](=O)[O-])c1[N+](=O)[O-]. The van der Waals surface area contributed by atoms with Crippen molar-refractivity contribution in [1.82, 2.24) is 0 Å². The summed E-state index contributed by atoms with van der Waals surface area (Å²) >= 11 is 0. The summed E-state index contributed by atoms with van der Waals surface area (Å²) in [5.41, 5.74) is -1.43. The fraction of sp³-hybridized carbons (Fsp3) is 0.125. The highest BCUT2D eigenvalue weighted by molar-refractivity contribution is 5.62. The maximum atomic E-state index is 10.6. The molecule has 1 aromatic rings. The maximum absolute atomic E-state index is 10.6. The van der Waals surface area contributed by atoms with Gasteiger partial charge in [0.25, 0.3) is 0 Å². The lowest BCUT2D eigenvalue weighted by molar-refractivity contribution is -0.423. The summed E-state index contributed by atoms with van der Waals surface area (Å²) in [6.07, 6.45) is 0.391. The number of carbonyl (C=O) groups is 1. The Kier molecular flexibility index (Phi) is 3.49. The third-order valence-corrected chi connectivity index (χ3v) is 1.66. The third kappa shape index (κ3) is 2.29. The first-order valence-corrected chi connectivity index (χ1v) is 4.06. The van der Waals surface area contributed by atoms with Crippen molar-refractivity contribution < 1.29 is 19.4 Å². The van der Waals surface area contributed by atoms with Crippen LogP contribution in [-0.2, 0) is 4.79 Å². The van der Waals surface area contributed by atoms with Gasteiger partial charge in [0.1, 0.15) is 6.61 Å². The predicted molar refractivity (Wildman–Crippen MR) is 51.3 cm³/mol. The monoisotopic (exact) mass is 226 g/mol. The van der Waals surface area contributed by atoms with Gasteiger partial charge in [-0.15, -0.1) is 0 Å². The van der Waals surface area contributed by atoms with Gasteiger partial charge < -0.3 is 4.74 Å². The zero-order valence-electron chi connectivity index (χ0n) is 7.86. The van der Waals surface area contributed by atoms with Gasteiger partial charge in [0.05, 0.1) is 9.85 Å². The molecule has 0 atom stereocenters. The lowest BCUT2D eigenvalue weighted by Gasteiger charge is -2.02. The Labute approximate surface area is 88.7 Å². The van der Waals surface area contributed by atoms with E-state index in [1.165, 1.54) is 12.1 Å². The van der Waals surface area contributed by atoms with Crippen molar-refractivity contribution in [3.05, 3.63) is 38.4 Å². The Hall–Kier alpha value is -2.51. The van der Waals surface area contributed by atoms with E-state index in [2.05, 4.69) is 0 Å². The minimum absolute atomic E-state index is 0.300. The normalized spacial score (nSPS) is 9.50. The van der Waals surface area contributed by atoms with Crippen molar-refractivity contribution >= 4 is 17.7 Å². The molecule has 0 bridgehead atoms. The van der Waals surface area contributed by atoms with Crippen LogP contribution in [-0.4, -0.2) is 22.7 Å². The molecule has 0 aliphatic rings. The van der Waals surface area contributed by atoms with Crippen molar-refractivity contribution in [2.45, 2.75) is 0 Å². The van der Waals surface area contributed by atoms with Gasteiger partial charge >= 0.3 is 11.4 Å².